The molecule has 19 heavy (non-hydrogen) atoms. The summed E-state index contributed by atoms with van der Waals surface area (Å²) >= 11 is 0. The van der Waals surface area contributed by atoms with Crippen LogP contribution in [0.4, 0.5) is 0 Å². The maximum Gasteiger partial charge on any atom is 0.373 e. The molecular weight excluding hydrogens is 244 g/mol. The summed E-state index contributed by atoms with van der Waals surface area (Å²) in [5.74, 6) is 0.499. The van der Waals surface area contributed by atoms with Gasteiger partial charge in [0.2, 0.25) is 5.76 Å². The second kappa shape index (κ2) is 5.89. The summed E-state index contributed by atoms with van der Waals surface area (Å²) in [4.78, 5) is 13.6. The number of nitrogens with zero attached hydrogens (tertiary/aromatic N) is 2. The molecular formula is C14H18N2O3. The molecule has 102 valence electrons. The number of methoxy groups -OCH3 is 1. The summed E-state index contributed by atoms with van der Waals surface area (Å²) in [6, 6.07) is 6.22. The molecule has 2 rings (SSSR count). The van der Waals surface area contributed by atoms with Crippen molar-refractivity contribution in [3.8, 4) is 6.07 Å². The highest BCUT2D eigenvalue weighted by Gasteiger charge is 2.33. The molecule has 0 saturated heterocycles. The van der Waals surface area contributed by atoms with Crippen molar-refractivity contribution < 1.29 is 13.9 Å². The Morgan fingerprint density at radius 3 is 2.95 bits per heavy atom. The highest BCUT2D eigenvalue weighted by atomic mass is 16.5. The number of nitriles is 1. The zero-order valence-corrected chi connectivity index (χ0v) is 11.3. The normalized spacial score (nSPS) is 16.1. The average Bonchev–Trinajstić information content (AvgIpc) is 3.14. The lowest BCUT2D eigenvalue weighted by Crippen LogP contribution is -2.30. The van der Waals surface area contributed by atoms with Crippen LogP contribution < -0.4 is 0 Å². The molecule has 0 aliphatic heterocycles. The van der Waals surface area contributed by atoms with Crippen LogP contribution >= 0.6 is 0 Å². The van der Waals surface area contributed by atoms with Gasteiger partial charge in [-0.05, 0) is 31.9 Å². The lowest BCUT2D eigenvalue weighted by Gasteiger charge is -2.26. The fourth-order valence-electron chi connectivity index (χ4n) is 2.23. The Morgan fingerprint density at radius 1 is 1.63 bits per heavy atom. The molecule has 1 aliphatic carbocycles. The van der Waals surface area contributed by atoms with Crippen LogP contribution in [0.15, 0.2) is 16.5 Å². The van der Waals surface area contributed by atoms with E-state index in [1.807, 2.05) is 6.92 Å². The van der Waals surface area contributed by atoms with Crippen molar-refractivity contribution in [1.29, 1.82) is 5.26 Å². The van der Waals surface area contributed by atoms with Gasteiger partial charge < -0.3 is 9.15 Å². The molecule has 5 nitrogen and oxygen atoms in total. The summed E-state index contributed by atoms with van der Waals surface area (Å²) in [6.45, 7) is 2.77. The maximum absolute atomic E-state index is 11.4. The van der Waals surface area contributed by atoms with Gasteiger partial charge in [-0.1, -0.05) is 0 Å². The first-order chi connectivity index (χ1) is 9.17. The van der Waals surface area contributed by atoms with E-state index in [1.165, 1.54) is 20.0 Å². The van der Waals surface area contributed by atoms with Crippen molar-refractivity contribution in [3.05, 3.63) is 23.7 Å². The molecule has 0 radical (unpaired) electrons. The number of hydrogen-bond donors (Lipinski definition) is 0. The summed E-state index contributed by atoms with van der Waals surface area (Å²) in [5, 5.41) is 8.72. The van der Waals surface area contributed by atoms with Crippen LogP contribution in [-0.2, 0) is 4.74 Å². The zero-order valence-electron chi connectivity index (χ0n) is 11.3. The molecule has 0 N–H and O–H groups in total. The van der Waals surface area contributed by atoms with Gasteiger partial charge in [0.15, 0.2) is 0 Å². The monoisotopic (exact) mass is 262 g/mol. The quantitative estimate of drug-likeness (QED) is 0.737. The molecule has 1 fully saturated rings. The third-order valence-electron chi connectivity index (χ3n) is 3.42. The first-order valence-electron chi connectivity index (χ1n) is 6.48. The average molecular weight is 262 g/mol. The van der Waals surface area contributed by atoms with Crippen LogP contribution in [0.5, 0.6) is 0 Å². The smallest absolute Gasteiger partial charge is 0.373 e. The van der Waals surface area contributed by atoms with Crippen LogP contribution in [0.25, 0.3) is 0 Å². The lowest BCUT2D eigenvalue weighted by atomic mass is 10.2. The van der Waals surface area contributed by atoms with Gasteiger partial charge in [-0.2, -0.15) is 5.26 Å². The minimum absolute atomic E-state index is 0.0688. The number of rotatable bonds is 6. The fourth-order valence-corrected chi connectivity index (χ4v) is 2.23. The number of esters is 1. The van der Waals surface area contributed by atoms with Crippen LogP contribution in [-0.4, -0.2) is 30.6 Å². The largest absolute Gasteiger partial charge is 0.463 e. The van der Waals surface area contributed by atoms with Gasteiger partial charge in [-0.15, -0.1) is 0 Å². The van der Waals surface area contributed by atoms with Gasteiger partial charge in [0.1, 0.15) is 5.76 Å². The van der Waals surface area contributed by atoms with Crippen LogP contribution in [0, 0.1) is 11.3 Å². The predicted molar refractivity (Wildman–Crippen MR) is 68.4 cm³/mol. The highest BCUT2D eigenvalue weighted by molar-refractivity contribution is 5.86. The molecule has 1 unspecified atom stereocenters. The minimum Gasteiger partial charge on any atom is -0.463 e. The Labute approximate surface area is 112 Å². The molecule has 5 heteroatoms. The zero-order chi connectivity index (χ0) is 13.8. The number of carbonyl (C=O) groups excluding carboxylic acids is 1. The summed E-state index contributed by atoms with van der Waals surface area (Å²) in [6.07, 6.45) is 2.84. The summed E-state index contributed by atoms with van der Waals surface area (Å²) in [5.41, 5.74) is 0. The van der Waals surface area contributed by atoms with Crippen molar-refractivity contribution >= 4 is 5.97 Å². The van der Waals surface area contributed by atoms with E-state index in [4.69, 9.17) is 9.68 Å². The van der Waals surface area contributed by atoms with E-state index in [2.05, 4.69) is 15.7 Å². The third-order valence-corrected chi connectivity index (χ3v) is 3.42. The van der Waals surface area contributed by atoms with Crippen molar-refractivity contribution in [1.82, 2.24) is 4.90 Å². The summed E-state index contributed by atoms with van der Waals surface area (Å²) in [7, 11) is 1.33. The van der Waals surface area contributed by atoms with E-state index in [1.54, 1.807) is 12.1 Å². The predicted octanol–water partition coefficient (Wildman–Crippen LogP) is 2.51. The van der Waals surface area contributed by atoms with E-state index in [-0.39, 0.29) is 11.8 Å². The Morgan fingerprint density at radius 2 is 2.37 bits per heavy atom. The van der Waals surface area contributed by atoms with Gasteiger partial charge in [-0.25, -0.2) is 4.79 Å². The minimum atomic E-state index is -0.464. The second-order valence-corrected chi connectivity index (χ2v) is 4.75. The highest BCUT2D eigenvalue weighted by Crippen LogP contribution is 2.34. The number of carbonyl (C=O) groups is 1. The van der Waals surface area contributed by atoms with Crippen LogP contribution in [0.3, 0.4) is 0 Å². The molecule has 0 bridgehead atoms. The molecule has 1 atom stereocenters. The summed E-state index contributed by atoms with van der Waals surface area (Å²) < 4.78 is 10.2. The van der Waals surface area contributed by atoms with Gasteiger partial charge in [0, 0.05) is 19.0 Å². The van der Waals surface area contributed by atoms with Gasteiger partial charge in [0.25, 0.3) is 0 Å². The Balaban J connectivity index is 2.08. The van der Waals surface area contributed by atoms with Gasteiger partial charge in [-0.3, -0.25) is 4.90 Å². The Hall–Kier alpha value is -1.80. The standard InChI is InChI=1S/C14H18N2O3/c1-10(16(9-3-8-15)11-4-5-11)12-6-7-13(19-12)14(17)18-2/h6-7,10-11H,3-5,9H2,1-2H3. The van der Waals surface area contributed by atoms with E-state index in [0.717, 1.165) is 12.3 Å². The molecule has 1 aliphatic rings. The second-order valence-electron chi connectivity index (χ2n) is 4.75. The molecule has 0 aromatic carbocycles. The van der Waals surface area contributed by atoms with Gasteiger partial charge >= 0.3 is 5.97 Å². The fraction of sp³-hybridized carbons (Fsp3) is 0.571. The van der Waals surface area contributed by atoms with E-state index in [9.17, 15) is 4.79 Å². The molecule has 1 heterocycles. The molecule has 0 amide bonds. The SMILES string of the molecule is COC(=O)c1ccc(C(C)N(CCC#N)C2CC2)o1. The molecule has 0 spiro atoms. The molecule has 1 aromatic rings. The van der Waals surface area contributed by atoms with Crippen molar-refractivity contribution in [2.24, 2.45) is 0 Å². The van der Waals surface area contributed by atoms with E-state index >= 15 is 0 Å². The first kappa shape index (κ1) is 13.6. The third kappa shape index (κ3) is 3.15. The number of hydrogen-bond acceptors (Lipinski definition) is 5. The molecule has 1 aromatic heterocycles. The Bertz CT molecular complexity index is 485. The van der Waals surface area contributed by atoms with E-state index < -0.39 is 5.97 Å². The number of ether oxygens (including phenoxy) is 1. The van der Waals surface area contributed by atoms with Crippen molar-refractivity contribution in [2.45, 2.75) is 38.3 Å². The topological polar surface area (TPSA) is 66.5 Å². The van der Waals surface area contributed by atoms with Crippen molar-refractivity contribution in [2.75, 3.05) is 13.7 Å². The van der Waals surface area contributed by atoms with Gasteiger partial charge in [0.05, 0.1) is 19.2 Å². The number of furan rings is 1. The lowest BCUT2D eigenvalue weighted by molar-refractivity contribution is 0.0558. The first-order valence-corrected chi connectivity index (χ1v) is 6.48. The van der Waals surface area contributed by atoms with E-state index in [0.29, 0.717) is 12.5 Å². The van der Waals surface area contributed by atoms with Crippen molar-refractivity contribution in [3.63, 3.8) is 0 Å². The maximum atomic E-state index is 11.4. The van der Waals surface area contributed by atoms with Crippen LogP contribution in [0.1, 0.15) is 48.5 Å². The molecule has 1 saturated carbocycles. The van der Waals surface area contributed by atoms with Crippen LogP contribution in [0.2, 0.25) is 0 Å². The Kier molecular flexibility index (Phi) is 4.23.